The van der Waals surface area contributed by atoms with Crippen LogP contribution in [0.4, 0.5) is 19.3 Å². The summed E-state index contributed by atoms with van der Waals surface area (Å²) in [7, 11) is 3.80. The summed E-state index contributed by atoms with van der Waals surface area (Å²) in [5, 5.41) is 8.80. The maximum atomic E-state index is 13.5. The SMILES string of the molecule is CN(C)[C@H](CNC(=O)Nc1c(F)cccc1F)c1ccsc1. The van der Waals surface area contributed by atoms with Crippen LogP contribution in [0.3, 0.4) is 0 Å². The number of benzene rings is 1. The van der Waals surface area contributed by atoms with E-state index in [9.17, 15) is 13.6 Å². The van der Waals surface area contributed by atoms with Crippen LogP contribution in [0.2, 0.25) is 0 Å². The van der Waals surface area contributed by atoms with E-state index in [1.807, 2.05) is 35.8 Å². The molecule has 0 saturated carbocycles. The molecule has 2 rings (SSSR count). The van der Waals surface area contributed by atoms with Crippen molar-refractivity contribution in [3.8, 4) is 0 Å². The van der Waals surface area contributed by atoms with Crippen LogP contribution in [-0.2, 0) is 0 Å². The van der Waals surface area contributed by atoms with Crippen molar-refractivity contribution in [2.75, 3.05) is 26.0 Å². The molecule has 1 aromatic heterocycles. The van der Waals surface area contributed by atoms with E-state index >= 15 is 0 Å². The van der Waals surface area contributed by atoms with Gasteiger partial charge < -0.3 is 15.5 Å². The molecule has 2 aromatic rings. The Labute approximate surface area is 131 Å². The van der Waals surface area contributed by atoms with Crippen molar-refractivity contribution in [1.82, 2.24) is 10.2 Å². The highest BCUT2D eigenvalue weighted by atomic mass is 32.1. The number of nitrogens with zero attached hydrogens (tertiary/aromatic N) is 1. The summed E-state index contributed by atoms with van der Waals surface area (Å²) in [6.07, 6.45) is 0. The number of carbonyl (C=O) groups is 1. The van der Waals surface area contributed by atoms with Crippen LogP contribution < -0.4 is 10.6 Å². The first-order chi connectivity index (χ1) is 10.5. The van der Waals surface area contributed by atoms with E-state index in [4.69, 9.17) is 0 Å². The maximum absolute atomic E-state index is 13.5. The molecule has 0 bridgehead atoms. The van der Waals surface area contributed by atoms with E-state index in [1.54, 1.807) is 11.3 Å². The average molecular weight is 325 g/mol. The van der Waals surface area contributed by atoms with E-state index < -0.39 is 23.4 Å². The fraction of sp³-hybridized carbons (Fsp3) is 0.267. The molecule has 0 radical (unpaired) electrons. The van der Waals surface area contributed by atoms with Gasteiger partial charge in [0.2, 0.25) is 0 Å². The molecule has 4 nitrogen and oxygen atoms in total. The fourth-order valence-electron chi connectivity index (χ4n) is 2.03. The molecular weight excluding hydrogens is 308 g/mol. The third-order valence-electron chi connectivity index (χ3n) is 3.21. The Hall–Kier alpha value is -1.99. The number of rotatable bonds is 5. The second-order valence-corrected chi connectivity index (χ2v) is 5.75. The van der Waals surface area contributed by atoms with Crippen LogP contribution in [0.25, 0.3) is 0 Å². The first kappa shape index (κ1) is 16.4. The molecule has 0 unspecified atom stereocenters. The van der Waals surface area contributed by atoms with E-state index in [2.05, 4.69) is 10.6 Å². The lowest BCUT2D eigenvalue weighted by molar-refractivity contribution is 0.243. The summed E-state index contributed by atoms with van der Waals surface area (Å²) in [6.45, 7) is 0.325. The van der Waals surface area contributed by atoms with Crippen molar-refractivity contribution >= 4 is 23.1 Å². The van der Waals surface area contributed by atoms with Crippen LogP contribution in [0.5, 0.6) is 0 Å². The molecule has 1 aromatic carbocycles. The lowest BCUT2D eigenvalue weighted by Gasteiger charge is -2.24. The second-order valence-electron chi connectivity index (χ2n) is 4.97. The second kappa shape index (κ2) is 7.33. The van der Waals surface area contributed by atoms with Crippen molar-refractivity contribution in [2.45, 2.75) is 6.04 Å². The summed E-state index contributed by atoms with van der Waals surface area (Å²) in [5.41, 5.74) is 0.629. The van der Waals surface area contributed by atoms with Gasteiger partial charge in [0.15, 0.2) is 0 Å². The van der Waals surface area contributed by atoms with Crippen LogP contribution in [0.1, 0.15) is 11.6 Å². The quantitative estimate of drug-likeness (QED) is 0.884. The van der Waals surface area contributed by atoms with Crippen molar-refractivity contribution in [1.29, 1.82) is 0 Å². The van der Waals surface area contributed by atoms with Gasteiger partial charge in [-0.05, 0) is 48.6 Å². The molecule has 7 heteroatoms. The lowest BCUT2D eigenvalue weighted by Crippen LogP contribution is -2.37. The number of para-hydroxylation sites is 1. The molecule has 22 heavy (non-hydrogen) atoms. The summed E-state index contributed by atoms with van der Waals surface area (Å²) in [4.78, 5) is 13.8. The number of thiophene rings is 1. The molecule has 1 heterocycles. The summed E-state index contributed by atoms with van der Waals surface area (Å²) >= 11 is 1.57. The molecule has 0 saturated heterocycles. The number of hydrogen-bond acceptors (Lipinski definition) is 3. The average Bonchev–Trinajstić information content (AvgIpc) is 2.97. The highest BCUT2D eigenvalue weighted by Crippen LogP contribution is 2.20. The van der Waals surface area contributed by atoms with Gasteiger partial charge in [0.25, 0.3) is 0 Å². The van der Waals surface area contributed by atoms with Crippen molar-refractivity contribution < 1.29 is 13.6 Å². The van der Waals surface area contributed by atoms with Gasteiger partial charge in [-0.1, -0.05) is 6.07 Å². The number of likely N-dealkylation sites (N-methyl/N-ethyl adjacent to an activating group) is 1. The summed E-state index contributed by atoms with van der Waals surface area (Å²) in [6, 6.07) is 4.74. The van der Waals surface area contributed by atoms with Crippen LogP contribution in [0, 0.1) is 11.6 Å². The Balaban J connectivity index is 1.97. The Kier molecular flexibility index (Phi) is 5.46. The van der Waals surface area contributed by atoms with Crippen LogP contribution >= 0.6 is 11.3 Å². The molecule has 0 spiro atoms. The van der Waals surface area contributed by atoms with Crippen molar-refractivity contribution in [3.63, 3.8) is 0 Å². The fourth-order valence-corrected chi connectivity index (χ4v) is 2.73. The molecule has 0 fully saturated rings. The Morgan fingerprint density at radius 3 is 2.50 bits per heavy atom. The summed E-state index contributed by atoms with van der Waals surface area (Å²) in [5.74, 6) is -1.62. The van der Waals surface area contributed by atoms with Crippen molar-refractivity contribution in [2.24, 2.45) is 0 Å². The van der Waals surface area contributed by atoms with Gasteiger partial charge in [-0.25, -0.2) is 13.6 Å². The van der Waals surface area contributed by atoms with Crippen LogP contribution in [-0.4, -0.2) is 31.6 Å². The Morgan fingerprint density at radius 1 is 1.27 bits per heavy atom. The number of carbonyl (C=O) groups excluding carboxylic acids is 1. The van der Waals surface area contributed by atoms with E-state index in [0.29, 0.717) is 6.54 Å². The number of nitrogens with one attached hydrogen (secondary N) is 2. The predicted octanol–water partition coefficient (Wildman–Crippen LogP) is 3.45. The molecular formula is C15H17F2N3OS. The molecule has 2 N–H and O–H groups in total. The topological polar surface area (TPSA) is 44.4 Å². The first-order valence-corrected chi connectivity index (χ1v) is 7.60. The Morgan fingerprint density at radius 2 is 1.95 bits per heavy atom. The summed E-state index contributed by atoms with van der Waals surface area (Å²) < 4.78 is 26.9. The predicted molar refractivity (Wildman–Crippen MR) is 84.1 cm³/mol. The third-order valence-corrected chi connectivity index (χ3v) is 3.91. The molecule has 0 aliphatic carbocycles. The number of urea groups is 1. The first-order valence-electron chi connectivity index (χ1n) is 6.66. The molecule has 118 valence electrons. The van der Waals surface area contributed by atoms with Gasteiger partial charge in [0.05, 0.1) is 6.04 Å². The molecule has 0 aliphatic rings. The molecule has 2 amide bonds. The zero-order chi connectivity index (χ0) is 16.1. The zero-order valence-electron chi connectivity index (χ0n) is 12.3. The minimum absolute atomic E-state index is 0.0116. The smallest absolute Gasteiger partial charge is 0.319 e. The van der Waals surface area contributed by atoms with Gasteiger partial charge in [-0.2, -0.15) is 11.3 Å². The zero-order valence-corrected chi connectivity index (χ0v) is 13.1. The number of hydrogen-bond donors (Lipinski definition) is 2. The van der Waals surface area contributed by atoms with Gasteiger partial charge >= 0.3 is 6.03 Å². The van der Waals surface area contributed by atoms with Gasteiger partial charge in [-0.15, -0.1) is 0 Å². The highest BCUT2D eigenvalue weighted by molar-refractivity contribution is 7.07. The number of halogens is 2. The normalized spacial score (nSPS) is 12.2. The van der Waals surface area contributed by atoms with Gasteiger partial charge in [0, 0.05) is 6.54 Å². The molecule has 0 aliphatic heterocycles. The third kappa shape index (κ3) is 4.02. The van der Waals surface area contributed by atoms with Gasteiger partial charge in [-0.3, -0.25) is 0 Å². The minimum Gasteiger partial charge on any atom is -0.336 e. The lowest BCUT2D eigenvalue weighted by atomic mass is 10.1. The van der Waals surface area contributed by atoms with Crippen molar-refractivity contribution in [3.05, 3.63) is 52.2 Å². The number of amides is 2. The van der Waals surface area contributed by atoms with Gasteiger partial charge in [0.1, 0.15) is 17.3 Å². The maximum Gasteiger partial charge on any atom is 0.319 e. The minimum atomic E-state index is -0.808. The van der Waals surface area contributed by atoms with E-state index in [0.717, 1.165) is 17.7 Å². The van der Waals surface area contributed by atoms with E-state index in [-0.39, 0.29) is 6.04 Å². The van der Waals surface area contributed by atoms with E-state index in [1.165, 1.54) is 6.07 Å². The highest BCUT2D eigenvalue weighted by Gasteiger charge is 2.17. The monoisotopic (exact) mass is 325 g/mol. The number of anilines is 1. The Bertz CT molecular complexity index is 611. The standard InChI is InChI=1S/C15H17F2N3OS/c1-20(2)13(10-6-7-22-9-10)8-18-15(21)19-14-11(16)4-3-5-12(14)17/h3-7,9,13H,8H2,1-2H3,(H2,18,19,21)/t13-/m1/s1. The largest absolute Gasteiger partial charge is 0.336 e. The molecule has 1 atom stereocenters. The van der Waals surface area contributed by atoms with Crippen LogP contribution in [0.15, 0.2) is 35.0 Å².